The highest BCUT2D eigenvalue weighted by Crippen LogP contribution is 2.19. The summed E-state index contributed by atoms with van der Waals surface area (Å²) < 4.78 is 29.0. The number of imidazole rings is 1. The van der Waals surface area contributed by atoms with Crippen LogP contribution in [0.1, 0.15) is 19.4 Å². The third kappa shape index (κ3) is 3.83. The molecule has 114 valence electrons. The molecule has 7 heteroatoms. The van der Waals surface area contributed by atoms with Crippen molar-refractivity contribution < 1.29 is 8.42 Å². The van der Waals surface area contributed by atoms with E-state index in [0.29, 0.717) is 18.8 Å². The number of rotatable bonds is 7. The first kappa shape index (κ1) is 15.5. The van der Waals surface area contributed by atoms with E-state index in [1.807, 2.05) is 26.0 Å². The summed E-state index contributed by atoms with van der Waals surface area (Å²) in [4.78, 5) is 3.94. The Hall–Kier alpha value is -1.86. The molecule has 2 N–H and O–H groups in total. The van der Waals surface area contributed by atoms with Crippen LogP contribution in [0.3, 0.4) is 0 Å². The number of aromatic nitrogens is 2. The molecule has 1 heterocycles. The van der Waals surface area contributed by atoms with Gasteiger partial charge in [-0.1, -0.05) is 25.1 Å². The lowest BCUT2D eigenvalue weighted by molar-refractivity contribution is 0.598. The molecule has 1 aromatic carbocycles. The van der Waals surface area contributed by atoms with Gasteiger partial charge in [-0.3, -0.25) is 4.72 Å². The summed E-state index contributed by atoms with van der Waals surface area (Å²) in [6, 6.07) is 7.33. The quantitative estimate of drug-likeness (QED) is 0.818. The molecule has 0 spiro atoms. The third-order valence-electron chi connectivity index (χ3n) is 3.08. The smallest absolute Gasteiger partial charge is 0.280 e. The molecule has 0 bridgehead atoms. The summed E-state index contributed by atoms with van der Waals surface area (Å²) in [6.45, 7) is 6.04. The summed E-state index contributed by atoms with van der Waals surface area (Å²) in [5, 5.41) is 3.22. The summed E-state index contributed by atoms with van der Waals surface area (Å²) in [7, 11) is -3.66. The first-order valence-electron chi connectivity index (χ1n) is 6.90. The Labute approximate surface area is 125 Å². The van der Waals surface area contributed by atoms with Gasteiger partial charge in [0.15, 0.2) is 5.03 Å². The first-order valence-corrected chi connectivity index (χ1v) is 8.38. The maximum Gasteiger partial charge on any atom is 0.280 e. The van der Waals surface area contributed by atoms with Gasteiger partial charge in [-0.2, -0.15) is 8.42 Å². The maximum absolute atomic E-state index is 12.3. The molecule has 2 aromatic rings. The molecular formula is C14H20N4O2S. The zero-order valence-corrected chi connectivity index (χ0v) is 13.0. The highest BCUT2D eigenvalue weighted by atomic mass is 32.2. The number of nitrogens with one attached hydrogen (secondary N) is 2. The summed E-state index contributed by atoms with van der Waals surface area (Å²) in [5.41, 5.74) is 1.47. The highest BCUT2D eigenvalue weighted by molar-refractivity contribution is 7.92. The molecule has 0 aliphatic rings. The van der Waals surface area contributed by atoms with E-state index in [9.17, 15) is 8.42 Å². The average Bonchev–Trinajstić information content (AvgIpc) is 2.96. The van der Waals surface area contributed by atoms with Crippen molar-refractivity contribution in [3.63, 3.8) is 0 Å². The molecule has 0 aliphatic carbocycles. The van der Waals surface area contributed by atoms with Gasteiger partial charge in [0.2, 0.25) is 0 Å². The SMILES string of the molecule is CCNCc1ccccc1NS(=O)(=O)c1cn(CC)cn1. The largest absolute Gasteiger partial charge is 0.336 e. The van der Waals surface area contributed by atoms with Crippen LogP contribution < -0.4 is 10.0 Å². The van der Waals surface area contributed by atoms with Crippen molar-refractivity contribution in [2.24, 2.45) is 0 Å². The van der Waals surface area contributed by atoms with E-state index in [4.69, 9.17) is 0 Å². The molecule has 0 atom stereocenters. The fourth-order valence-corrected chi connectivity index (χ4v) is 2.94. The van der Waals surface area contributed by atoms with E-state index in [-0.39, 0.29) is 5.03 Å². The molecule has 0 amide bonds. The number of para-hydroxylation sites is 1. The molecule has 0 saturated carbocycles. The molecule has 2 rings (SSSR count). The van der Waals surface area contributed by atoms with Crippen LogP contribution in [0, 0.1) is 0 Å². The fourth-order valence-electron chi connectivity index (χ4n) is 1.88. The average molecular weight is 308 g/mol. The van der Waals surface area contributed by atoms with Gasteiger partial charge in [-0.05, 0) is 25.1 Å². The summed E-state index contributed by atoms with van der Waals surface area (Å²) in [5.74, 6) is 0. The zero-order chi connectivity index (χ0) is 15.3. The molecule has 0 saturated heterocycles. The van der Waals surface area contributed by atoms with E-state index < -0.39 is 10.0 Å². The Kier molecular flexibility index (Phi) is 4.98. The van der Waals surface area contributed by atoms with Crippen molar-refractivity contribution >= 4 is 15.7 Å². The van der Waals surface area contributed by atoms with Gasteiger partial charge in [-0.25, -0.2) is 4.98 Å². The van der Waals surface area contributed by atoms with E-state index in [1.165, 1.54) is 12.5 Å². The predicted molar refractivity (Wildman–Crippen MR) is 82.5 cm³/mol. The van der Waals surface area contributed by atoms with Crippen LogP contribution in [0.15, 0.2) is 41.8 Å². The van der Waals surface area contributed by atoms with E-state index in [0.717, 1.165) is 12.1 Å². The number of aryl methyl sites for hydroxylation is 1. The number of benzene rings is 1. The van der Waals surface area contributed by atoms with Crippen molar-refractivity contribution in [2.45, 2.75) is 32.0 Å². The minimum absolute atomic E-state index is 0.0302. The van der Waals surface area contributed by atoms with Crippen molar-refractivity contribution in [1.29, 1.82) is 0 Å². The lowest BCUT2D eigenvalue weighted by atomic mass is 10.2. The number of hydrogen-bond acceptors (Lipinski definition) is 4. The van der Waals surface area contributed by atoms with Crippen LogP contribution in [-0.4, -0.2) is 24.5 Å². The van der Waals surface area contributed by atoms with Crippen LogP contribution in [0.4, 0.5) is 5.69 Å². The zero-order valence-electron chi connectivity index (χ0n) is 12.2. The van der Waals surface area contributed by atoms with Gasteiger partial charge >= 0.3 is 0 Å². The molecule has 0 unspecified atom stereocenters. The number of nitrogens with zero attached hydrogens (tertiary/aromatic N) is 2. The van der Waals surface area contributed by atoms with Crippen LogP contribution in [0.25, 0.3) is 0 Å². The highest BCUT2D eigenvalue weighted by Gasteiger charge is 2.18. The minimum atomic E-state index is -3.66. The fraction of sp³-hybridized carbons (Fsp3) is 0.357. The van der Waals surface area contributed by atoms with Crippen molar-refractivity contribution in [2.75, 3.05) is 11.3 Å². The minimum Gasteiger partial charge on any atom is -0.336 e. The van der Waals surface area contributed by atoms with Gasteiger partial charge in [-0.15, -0.1) is 0 Å². The molecule has 21 heavy (non-hydrogen) atoms. The summed E-state index contributed by atoms with van der Waals surface area (Å²) >= 11 is 0. The Morgan fingerprint density at radius 1 is 1.24 bits per heavy atom. The summed E-state index contributed by atoms with van der Waals surface area (Å²) in [6.07, 6.45) is 3.04. The number of sulfonamides is 1. The second-order valence-corrected chi connectivity index (χ2v) is 6.21. The molecule has 0 radical (unpaired) electrons. The van der Waals surface area contributed by atoms with Crippen LogP contribution in [-0.2, 0) is 23.1 Å². The van der Waals surface area contributed by atoms with Gasteiger partial charge in [0.25, 0.3) is 10.0 Å². The molecular weight excluding hydrogens is 288 g/mol. The number of anilines is 1. The third-order valence-corrected chi connectivity index (χ3v) is 4.33. The number of hydrogen-bond donors (Lipinski definition) is 2. The van der Waals surface area contributed by atoms with Crippen molar-refractivity contribution in [3.05, 3.63) is 42.4 Å². The lowest BCUT2D eigenvalue weighted by Crippen LogP contribution is -2.17. The Balaban J connectivity index is 2.24. The van der Waals surface area contributed by atoms with Crippen LogP contribution in [0.2, 0.25) is 0 Å². The molecule has 6 nitrogen and oxygen atoms in total. The van der Waals surface area contributed by atoms with E-state index in [1.54, 1.807) is 16.7 Å². The molecule has 0 aliphatic heterocycles. The van der Waals surface area contributed by atoms with Gasteiger partial charge in [0.1, 0.15) is 0 Å². The van der Waals surface area contributed by atoms with Gasteiger partial charge in [0.05, 0.1) is 12.0 Å². The maximum atomic E-state index is 12.3. The van der Waals surface area contributed by atoms with Crippen molar-refractivity contribution in [1.82, 2.24) is 14.9 Å². The standard InChI is InChI=1S/C14H20N4O2S/c1-3-15-9-12-7-5-6-8-13(12)17-21(19,20)14-10-18(4-2)11-16-14/h5-8,10-11,15,17H,3-4,9H2,1-2H3. The molecule has 0 fully saturated rings. The predicted octanol–water partition coefficient (Wildman–Crippen LogP) is 1.81. The van der Waals surface area contributed by atoms with Gasteiger partial charge in [0, 0.05) is 19.3 Å². The van der Waals surface area contributed by atoms with E-state index in [2.05, 4.69) is 15.0 Å². The monoisotopic (exact) mass is 308 g/mol. The van der Waals surface area contributed by atoms with Crippen molar-refractivity contribution in [3.8, 4) is 0 Å². The Morgan fingerprint density at radius 3 is 2.67 bits per heavy atom. The normalized spacial score (nSPS) is 11.5. The van der Waals surface area contributed by atoms with Crippen LogP contribution >= 0.6 is 0 Å². The molecule has 1 aromatic heterocycles. The lowest BCUT2D eigenvalue weighted by Gasteiger charge is -2.11. The topological polar surface area (TPSA) is 76.0 Å². The second kappa shape index (κ2) is 6.73. The van der Waals surface area contributed by atoms with Crippen LogP contribution in [0.5, 0.6) is 0 Å². The van der Waals surface area contributed by atoms with E-state index >= 15 is 0 Å². The van der Waals surface area contributed by atoms with Gasteiger partial charge < -0.3 is 9.88 Å². The Bertz CT molecular complexity index is 695. The first-order chi connectivity index (χ1) is 10.1. The second-order valence-electron chi connectivity index (χ2n) is 4.59. The Morgan fingerprint density at radius 2 is 2.00 bits per heavy atom.